The summed E-state index contributed by atoms with van der Waals surface area (Å²) in [6.07, 6.45) is -3.63. The largest absolute Gasteiger partial charge is 0.507 e. The summed E-state index contributed by atoms with van der Waals surface area (Å²) in [7, 11) is 0. The SMILES string of the molecule is CC(C)(C)c1cccc(C(O)C(O)C(=O)O)c1O. The van der Waals surface area contributed by atoms with Crippen molar-refractivity contribution in [3.63, 3.8) is 0 Å². The van der Waals surface area contributed by atoms with Gasteiger partial charge in [0.15, 0.2) is 6.10 Å². The Morgan fingerprint density at radius 2 is 1.78 bits per heavy atom. The maximum Gasteiger partial charge on any atom is 0.335 e. The van der Waals surface area contributed by atoms with E-state index in [0.717, 1.165) is 0 Å². The Labute approximate surface area is 105 Å². The predicted octanol–water partition coefficient (Wildman–Crippen LogP) is 1.17. The second-order valence-electron chi connectivity index (χ2n) is 5.22. The van der Waals surface area contributed by atoms with Crippen molar-refractivity contribution in [1.82, 2.24) is 0 Å². The van der Waals surface area contributed by atoms with Crippen LogP contribution in [0.15, 0.2) is 18.2 Å². The quantitative estimate of drug-likeness (QED) is 0.649. The van der Waals surface area contributed by atoms with Crippen LogP contribution in [0.5, 0.6) is 5.75 Å². The smallest absolute Gasteiger partial charge is 0.335 e. The molecule has 1 rings (SSSR count). The molecule has 2 atom stereocenters. The summed E-state index contributed by atoms with van der Waals surface area (Å²) < 4.78 is 0. The second-order valence-corrected chi connectivity index (χ2v) is 5.22. The van der Waals surface area contributed by atoms with Gasteiger partial charge < -0.3 is 20.4 Å². The third-order valence-electron chi connectivity index (χ3n) is 2.75. The lowest BCUT2D eigenvalue weighted by Crippen LogP contribution is -2.27. The first kappa shape index (κ1) is 14.5. The van der Waals surface area contributed by atoms with Gasteiger partial charge in [0.25, 0.3) is 0 Å². The number of phenolic OH excluding ortho intramolecular Hbond substituents is 1. The van der Waals surface area contributed by atoms with Gasteiger partial charge >= 0.3 is 5.97 Å². The molecule has 4 N–H and O–H groups in total. The molecule has 1 aromatic carbocycles. The Kier molecular flexibility index (Phi) is 3.98. The maximum atomic E-state index is 10.6. The molecule has 5 heteroatoms. The molecule has 0 spiro atoms. The van der Waals surface area contributed by atoms with Crippen LogP contribution in [0.2, 0.25) is 0 Å². The summed E-state index contributed by atoms with van der Waals surface area (Å²) in [6.45, 7) is 5.64. The molecule has 0 aliphatic heterocycles. The van der Waals surface area contributed by atoms with Crippen LogP contribution >= 0.6 is 0 Å². The molecule has 0 heterocycles. The number of benzene rings is 1. The van der Waals surface area contributed by atoms with E-state index in [1.54, 1.807) is 12.1 Å². The van der Waals surface area contributed by atoms with Gasteiger partial charge in [-0.25, -0.2) is 4.79 Å². The maximum absolute atomic E-state index is 10.6. The zero-order chi connectivity index (χ0) is 14.1. The molecule has 2 unspecified atom stereocenters. The lowest BCUT2D eigenvalue weighted by molar-refractivity contribution is -0.153. The first-order chi connectivity index (χ1) is 8.16. The van der Waals surface area contributed by atoms with E-state index in [-0.39, 0.29) is 16.7 Å². The van der Waals surface area contributed by atoms with Crippen LogP contribution in [-0.2, 0) is 10.2 Å². The van der Waals surface area contributed by atoms with Gasteiger partial charge in [0.05, 0.1) is 0 Å². The Morgan fingerprint density at radius 3 is 2.22 bits per heavy atom. The Bertz CT molecular complexity index is 447. The van der Waals surface area contributed by atoms with Crippen LogP contribution in [-0.4, -0.2) is 32.5 Å². The van der Waals surface area contributed by atoms with Crippen molar-refractivity contribution in [1.29, 1.82) is 0 Å². The number of aliphatic hydroxyl groups is 2. The number of para-hydroxylation sites is 1. The molecule has 0 aliphatic carbocycles. The van der Waals surface area contributed by atoms with Crippen LogP contribution in [0.1, 0.15) is 38.0 Å². The number of carbonyl (C=O) groups is 1. The number of carboxylic acid groups (broad SMARTS) is 1. The molecule has 0 saturated carbocycles. The summed E-state index contributed by atoms with van der Waals surface area (Å²) >= 11 is 0. The zero-order valence-electron chi connectivity index (χ0n) is 10.6. The van der Waals surface area contributed by atoms with Crippen molar-refractivity contribution in [3.05, 3.63) is 29.3 Å². The lowest BCUT2D eigenvalue weighted by atomic mass is 9.84. The van der Waals surface area contributed by atoms with E-state index in [9.17, 15) is 20.1 Å². The fourth-order valence-electron chi connectivity index (χ4n) is 1.71. The minimum atomic E-state index is -1.97. The van der Waals surface area contributed by atoms with E-state index in [1.807, 2.05) is 20.8 Å². The van der Waals surface area contributed by atoms with Gasteiger partial charge in [0.2, 0.25) is 0 Å². The Morgan fingerprint density at radius 1 is 1.22 bits per heavy atom. The number of hydrogen-bond acceptors (Lipinski definition) is 4. The van der Waals surface area contributed by atoms with Crippen LogP contribution < -0.4 is 0 Å². The highest BCUT2D eigenvalue weighted by Gasteiger charge is 2.29. The molecule has 0 amide bonds. The van der Waals surface area contributed by atoms with E-state index in [2.05, 4.69) is 0 Å². The Hall–Kier alpha value is -1.59. The first-order valence-corrected chi connectivity index (χ1v) is 5.57. The summed E-state index contributed by atoms with van der Waals surface area (Å²) in [5, 5.41) is 37.7. The molecular formula is C13H18O5. The third kappa shape index (κ3) is 2.80. The summed E-state index contributed by atoms with van der Waals surface area (Å²) in [5.41, 5.74) is 0.238. The summed E-state index contributed by atoms with van der Waals surface area (Å²) in [4.78, 5) is 10.6. The number of carboxylic acids is 1. The lowest BCUT2D eigenvalue weighted by Gasteiger charge is -2.24. The molecule has 1 aromatic rings. The van der Waals surface area contributed by atoms with Crippen molar-refractivity contribution in [2.45, 2.75) is 38.4 Å². The van der Waals surface area contributed by atoms with Crippen LogP contribution in [0.25, 0.3) is 0 Å². The van der Waals surface area contributed by atoms with Gasteiger partial charge in [-0.2, -0.15) is 0 Å². The average molecular weight is 254 g/mol. The van der Waals surface area contributed by atoms with Crippen molar-refractivity contribution < 1.29 is 25.2 Å². The van der Waals surface area contributed by atoms with Crippen molar-refractivity contribution in [3.8, 4) is 5.75 Å². The highest BCUT2D eigenvalue weighted by molar-refractivity contribution is 5.73. The van der Waals surface area contributed by atoms with Gasteiger partial charge in [-0.15, -0.1) is 0 Å². The normalized spacial score (nSPS) is 15.2. The zero-order valence-corrected chi connectivity index (χ0v) is 10.6. The van der Waals surface area contributed by atoms with E-state index >= 15 is 0 Å². The number of aliphatic carboxylic acids is 1. The van der Waals surface area contributed by atoms with Crippen molar-refractivity contribution >= 4 is 5.97 Å². The molecule has 5 nitrogen and oxygen atoms in total. The van der Waals surface area contributed by atoms with Gasteiger partial charge in [-0.1, -0.05) is 39.0 Å². The van der Waals surface area contributed by atoms with Crippen LogP contribution in [0.4, 0.5) is 0 Å². The topological polar surface area (TPSA) is 98.0 Å². The van der Waals surface area contributed by atoms with Gasteiger partial charge in [0.1, 0.15) is 11.9 Å². The molecule has 18 heavy (non-hydrogen) atoms. The predicted molar refractivity (Wildman–Crippen MR) is 65.4 cm³/mol. The van der Waals surface area contributed by atoms with Crippen LogP contribution in [0, 0.1) is 0 Å². The minimum Gasteiger partial charge on any atom is -0.507 e. The fourth-order valence-corrected chi connectivity index (χ4v) is 1.71. The number of rotatable bonds is 3. The molecule has 100 valence electrons. The Balaban J connectivity index is 3.23. The highest BCUT2D eigenvalue weighted by atomic mass is 16.4. The molecule has 0 fully saturated rings. The second kappa shape index (κ2) is 4.96. The van der Waals surface area contributed by atoms with E-state index in [0.29, 0.717) is 5.56 Å². The number of aliphatic hydroxyl groups excluding tert-OH is 2. The summed E-state index contributed by atoms with van der Waals surface area (Å²) in [6, 6.07) is 4.69. The molecule has 0 radical (unpaired) electrons. The first-order valence-electron chi connectivity index (χ1n) is 5.57. The van der Waals surface area contributed by atoms with E-state index in [4.69, 9.17) is 5.11 Å². The molecule has 0 bridgehead atoms. The summed E-state index contributed by atoms with van der Waals surface area (Å²) in [5.74, 6) is -1.72. The monoisotopic (exact) mass is 254 g/mol. The standard InChI is InChI=1S/C13H18O5/c1-13(2,3)8-6-4-5-7(9(8)14)10(15)11(16)12(17)18/h4-6,10-11,14-16H,1-3H3,(H,17,18). The van der Waals surface area contributed by atoms with Gasteiger partial charge in [-0.05, 0) is 11.0 Å². The molecule has 0 saturated heterocycles. The number of phenols is 1. The molecule has 0 aromatic heterocycles. The number of aromatic hydroxyl groups is 1. The highest BCUT2D eigenvalue weighted by Crippen LogP contribution is 2.36. The van der Waals surface area contributed by atoms with Gasteiger partial charge in [-0.3, -0.25) is 0 Å². The molecule has 0 aliphatic rings. The van der Waals surface area contributed by atoms with Crippen molar-refractivity contribution in [2.24, 2.45) is 0 Å². The molecular weight excluding hydrogens is 236 g/mol. The fraction of sp³-hybridized carbons (Fsp3) is 0.462. The van der Waals surface area contributed by atoms with E-state index < -0.39 is 18.2 Å². The van der Waals surface area contributed by atoms with Gasteiger partial charge in [0, 0.05) is 5.56 Å². The minimum absolute atomic E-state index is 0.0114. The van der Waals surface area contributed by atoms with Crippen LogP contribution in [0.3, 0.4) is 0 Å². The third-order valence-corrected chi connectivity index (χ3v) is 2.75. The number of hydrogen-bond donors (Lipinski definition) is 4. The van der Waals surface area contributed by atoms with Crippen molar-refractivity contribution in [2.75, 3.05) is 0 Å². The average Bonchev–Trinajstić information content (AvgIpc) is 2.25. The van der Waals surface area contributed by atoms with E-state index in [1.165, 1.54) is 6.07 Å².